The number of hydrogen-bond donors (Lipinski definition) is 1. The van der Waals surface area contributed by atoms with Crippen molar-refractivity contribution in [2.24, 2.45) is 0 Å². The second kappa shape index (κ2) is 13.5. The van der Waals surface area contributed by atoms with Crippen LogP contribution in [0.25, 0.3) is 10.8 Å². The summed E-state index contributed by atoms with van der Waals surface area (Å²) in [6.45, 7) is 3.32. The van der Waals surface area contributed by atoms with Crippen LogP contribution in [0.2, 0.25) is 0 Å². The number of amides is 2. The fourth-order valence-electron chi connectivity index (χ4n) is 4.92. The molecule has 4 aromatic rings. The lowest BCUT2D eigenvalue weighted by molar-refractivity contribution is -0.140. The second-order valence-electron chi connectivity index (χ2n) is 10.5. The van der Waals surface area contributed by atoms with Crippen LogP contribution in [0.5, 0.6) is 5.75 Å². The lowest BCUT2D eigenvalue weighted by Gasteiger charge is -2.34. The topological polar surface area (TPSA) is 96.0 Å². The maximum atomic E-state index is 14.3. The summed E-state index contributed by atoms with van der Waals surface area (Å²) in [5, 5.41) is 4.51. The van der Waals surface area contributed by atoms with Gasteiger partial charge in [-0.3, -0.25) is 13.9 Å². The normalized spacial score (nSPS) is 12.1. The molecule has 220 valence electrons. The molecule has 8 nitrogen and oxygen atoms in total. The van der Waals surface area contributed by atoms with E-state index in [9.17, 15) is 18.0 Å². The van der Waals surface area contributed by atoms with Gasteiger partial charge in [-0.1, -0.05) is 78.9 Å². The second-order valence-corrected chi connectivity index (χ2v) is 12.4. The van der Waals surface area contributed by atoms with Gasteiger partial charge in [0, 0.05) is 24.4 Å². The van der Waals surface area contributed by atoms with Crippen molar-refractivity contribution in [2.45, 2.75) is 38.9 Å². The maximum Gasteiger partial charge on any atom is 0.244 e. The third-order valence-corrected chi connectivity index (χ3v) is 8.03. The Hall–Kier alpha value is -4.37. The minimum absolute atomic E-state index is 0.0756. The van der Waals surface area contributed by atoms with Crippen molar-refractivity contribution in [3.8, 4) is 5.75 Å². The van der Waals surface area contributed by atoms with Crippen LogP contribution in [0.15, 0.2) is 97.1 Å². The van der Waals surface area contributed by atoms with E-state index in [4.69, 9.17) is 4.74 Å². The molecule has 4 rings (SSSR count). The van der Waals surface area contributed by atoms with Crippen molar-refractivity contribution < 1.29 is 22.7 Å². The number of sulfonamides is 1. The first-order valence-corrected chi connectivity index (χ1v) is 15.6. The summed E-state index contributed by atoms with van der Waals surface area (Å²) < 4.78 is 32.9. The summed E-state index contributed by atoms with van der Waals surface area (Å²) in [6, 6.07) is 28.4. The van der Waals surface area contributed by atoms with E-state index in [-0.39, 0.29) is 24.9 Å². The lowest BCUT2D eigenvalue weighted by Crippen LogP contribution is -2.54. The fourth-order valence-corrected chi connectivity index (χ4v) is 5.78. The predicted octanol–water partition coefficient (Wildman–Crippen LogP) is 4.78. The van der Waals surface area contributed by atoms with Gasteiger partial charge in [-0.25, -0.2) is 8.42 Å². The zero-order valence-electron chi connectivity index (χ0n) is 24.4. The molecule has 0 spiro atoms. The van der Waals surface area contributed by atoms with Crippen molar-refractivity contribution in [1.82, 2.24) is 10.2 Å². The molecule has 9 heteroatoms. The van der Waals surface area contributed by atoms with E-state index in [0.717, 1.165) is 27.1 Å². The third kappa shape index (κ3) is 7.67. The molecule has 1 N–H and O–H groups in total. The zero-order chi connectivity index (χ0) is 30.3. The number of carbonyl (C=O) groups excluding carboxylic acids is 2. The number of benzene rings is 4. The SMILES string of the molecule is COc1cccc(CN(C(=O)CN(c2cccc3ccccc23)S(C)(=O)=O)C(Cc2ccccc2)C(=O)NC(C)C)c1. The molecule has 0 bridgehead atoms. The van der Waals surface area contributed by atoms with Crippen LogP contribution in [0.1, 0.15) is 25.0 Å². The van der Waals surface area contributed by atoms with E-state index in [1.165, 1.54) is 4.90 Å². The lowest BCUT2D eigenvalue weighted by atomic mass is 10.0. The molecule has 0 aromatic heterocycles. The molecule has 4 aromatic carbocycles. The first-order chi connectivity index (χ1) is 20.1. The number of nitrogens with zero attached hydrogens (tertiary/aromatic N) is 2. The van der Waals surface area contributed by atoms with Gasteiger partial charge in [0.1, 0.15) is 18.3 Å². The van der Waals surface area contributed by atoms with Gasteiger partial charge >= 0.3 is 0 Å². The van der Waals surface area contributed by atoms with Crippen LogP contribution in [0, 0.1) is 0 Å². The van der Waals surface area contributed by atoms with Gasteiger partial charge in [-0.15, -0.1) is 0 Å². The number of ether oxygens (including phenoxy) is 1. The van der Waals surface area contributed by atoms with E-state index in [1.807, 2.05) is 86.6 Å². The Kier molecular flexibility index (Phi) is 9.85. The number of fused-ring (bicyclic) bond motifs is 1. The molecule has 1 atom stereocenters. The molecule has 0 fully saturated rings. The quantitative estimate of drug-likeness (QED) is 0.257. The van der Waals surface area contributed by atoms with Crippen LogP contribution >= 0.6 is 0 Å². The number of hydrogen-bond acceptors (Lipinski definition) is 5. The predicted molar refractivity (Wildman–Crippen MR) is 167 cm³/mol. The molecule has 0 aliphatic rings. The van der Waals surface area contributed by atoms with Crippen molar-refractivity contribution >= 4 is 38.3 Å². The monoisotopic (exact) mass is 587 g/mol. The van der Waals surface area contributed by atoms with Gasteiger partial charge in [-0.2, -0.15) is 0 Å². The number of anilines is 1. The van der Waals surface area contributed by atoms with E-state index >= 15 is 0 Å². The standard InChI is InChI=1S/C33H37N3O5S/c1-24(2)34-33(38)31(21-25-12-6-5-7-13-25)35(22-26-14-10-17-28(20-26)41-3)32(37)23-36(42(4,39)40)30-19-11-16-27-15-8-9-18-29(27)30/h5-20,24,31H,21-23H2,1-4H3,(H,34,38). The summed E-state index contributed by atoms with van der Waals surface area (Å²) in [5.74, 6) is -0.211. The average molecular weight is 588 g/mol. The summed E-state index contributed by atoms with van der Waals surface area (Å²) in [7, 11) is -2.32. The Morgan fingerprint density at radius 2 is 1.50 bits per heavy atom. The van der Waals surface area contributed by atoms with Crippen molar-refractivity contribution in [3.05, 3.63) is 108 Å². The average Bonchev–Trinajstić information content (AvgIpc) is 2.97. The number of rotatable bonds is 12. The minimum atomic E-state index is -3.88. The molecule has 0 saturated heterocycles. The number of methoxy groups -OCH3 is 1. The Bertz CT molecular complexity index is 1630. The molecule has 0 saturated carbocycles. The van der Waals surface area contributed by atoms with E-state index in [0.29, 0.717) is 16.8 Å². The Morgan fingerprint density at radius 3 is 2.19 bits per heavy atom. The van der Waals surface area contributed by atoms with Gasteiger partial charge in [0.25, 0.3) is 0 Å². The van der Waals surface area contributed by atoms with Crippen LogP contribution in [-0.2, 0) is 32.6 Å². The van der Waals surface area contributed by atoms with Gasteiger partial charge in [0.2, 0.25) is 21.8 Å². The molecular weight excluding hydrogens is 550 g/mol. The number of nitrogens with one attached hydrogen (secondary N) is 1. The largest absolute Gasteiger partial charge is 0.497 e. The molecule has 0 aliphatic carbocycles. The van der Waals surface area contributed by atoms with Gasteiger partial charge in [0.05, 0.1) is 19.1 Å². The van der Waals surface area contributed by atoms with E-state index in [2.05, 4.69) is 5.32 Å². The molecule has 0 radical (unpaired) electrons. The van der Waals surface area contributed by atoms with Crippen molar-refractivity contribution in [3.63, 3.8) is 0 Å². The van der Waals surface area contributed by atoms with Crippen LogP contribution in [-0.4, -0.2) is 57.1 Å². The smallest absolute Gasteiger partial charge is 0.244 e. The first-order valence-electron chi connectivity index (χ1n) is 13.8. The van der Waals surface area contributed by atoms with Gasteiger partial charge < -0.3 is 15.0 Å². The summed E-state index contributed by atoms with van der Waals surface area (Å²) >= 11 is 0. The molecule has 0 heterocycles. The van der Waals surface area contributed by atoms with E-state index in [1.54, 1.807) is 31.4 Å². The highest BCUT2D eigenvalue weighted by atomic mass is 32.2. The molecule has 2 amide bonds. The Balaban J connectivity index is 1.79. The summed E-state index contributed by atoms with van der Waals surface area (Å²) in [4.78, 5) is 29.5. The highest BCUT2D eigenvalue weighted by molar-refractivity contribution is 7.92. The molecular formula is C33H37N3O5S. The summed E-state index contributed by atoms with van der Waals surface area (Å²) in [6.07, 6.45) is 1.34. The number of carbonyl (C=O) groups is 2. The maximum absolute atomic E-state index is 14.3. The van der Waals surface area contributed by atoms with Crippen molar-refractivity contribution in [1.29, 1.82) is 0 Å². The third-order valence-electron chi connectivity index (χ3n) is 6.90. The first kappa shape index (κ1) is 30.6. The summed E-state index contributed by atoms with van der Waals surface area (Å²) in [5.41, 5.74) is 2.02. The minimum Gasteiger partial charge on any atom is -0.497 e. The Labute approximate surface area is 248 Å². The molecule has 0 aliphatic heterocycles. The van der Waals surface area contributed by atoms with Crippen LogP contribution in [0.3, 0.4) is 0 Å². The van der Waals surface area contributed by atoms with E-state index < -0.39 is 28.5 Å². The highest BCUT2D eigenvalue weighted by Gasteiger charge is 2.33. The van der Waals surface area contributed by atoms with Gasteiger partial charge in [-0.05, 0) is 48.6 Å². The van der Waals surface area contributed by atoms with Crippen LogP contribution in [0.4, 0.5) is 5.69 Å². The Morgan fingerprint density at radius 1 is 0.857 bits per heavy atom. The molecule has 42 heavy (non-hydrogen) atoms. The molecule has 1 unspecified atom stereocenters. The van der Waals surface area contributed by atoms with Crippen LogP contribution < -0.4 is 14.4 Å². The van der Waals surface area contributed by atoms with Crippen molar-refractivity contribution in [2.75, 3.05) is 24.2 Å². The zero-order valence-corrected chi connectivity index (χ0v) is 25.2. The highest BCUT2D eigenvalue weighted by Crippen LogP contribution is 2.29. The van der Waals surface area contributed by atoms with Gasteiger partial charge in [0.15, 0.2) is 0 Å². The fraction of sp³-hybridized carbons (Fsp3) is 0.273.